The third-order valence-electron chi connectivity index (χ3n) is 6.33. The van der Waals surface area contributed by atoms with Crippen LogP contribution in [0.25, 0.3) is 10.9 Å². The van der Waals surface area contributed by atoms with Crippen LogP contribution >= 0.6 is 0 Å². The molecule has 1 aromatic heterocycles. The molecule has 1 saturated heterocycles. The quantitative estimate of drug-likeness (QED) is 0.836. The zero-order valence-corrected chi connectivity index (χ0v) is 15.5. The van der Waals surface area contributed by atoms with Gasteiger partial charge in [-0.2, -0.15) is 0 Å². The minimum atomic E-state index is -1.32. The number of carbonyl (C=O) groups is 1. The molecule has 0 bridgehead atoms. The normalized spacial score (nSPS) is 26.5. The summed E-state index contributed by atoms with van der Waals surface area (Å²) in [7, 11) is 0. The average Bonchev–Trinajstić information content (AvgIpc) is 3.41. The molecule has 7 nitrogen and oxygen atoms in total. The first-order chi connectivity index (χ1) is 13.4. The molecular formula is C20H22FN3O4. The van der Waals surface area contributed by atoms with Crippen LogP contribution in [0.1, 0.15) is 36.2 Å². The Kier molecular flexibility index (Phi) is 3.71. The number of halogens is 1. The summed E-state index contributed by atoms with van der Waals surface area (Å²) in [4.78, 5) is 26.1. The van der Waals surface area contributed by atoms with Crippen LogP contribution in [0.5, 0.6) is 5.75 Å². The maximum absolute atomic E-state index is 15.2. The van der Waals surface area contributed by atoms with Crippen molar-refractivity contribution in [1.29, 1.82) is 0 Å². The molecule has 3 aliphatic rings. The van der Waals surface area contributed by atoms with E-state index in [-0.39, 0.29) is 29.6 Å². The Morgan fingerprint density at radius 3 is 2.79 bits per heavy atom. The van der Waals surface area contributed by atoms with Gasteiger partial charge in [0.1, 0.15) is 17.9 Å². The van der Waals surface area contributed by atoms with Gasteiger partial charge < -0.3 is 25.0 Å². The molecule has 3 heterocycles. The fraction of sp³-hybridized carbons (Fsp3) is 0.500. The molecule has 2 fully saturated rings. The Balaban J connectivity index is 1.73. The highest BCUT2D eigenvalue weighted by atomic mass is 19.1. The Morgan fingerprint density at radius 2 is 2.11 bits per heavy atom. The lowest BCUT2D eigenvalue weighted by Crippen LogP contribution is -2.31. The van der Waals surface area contributed by atoms with Gasteiger partial charge in [0.05, 0.1) is 16.9 Å². The Labute approximate surface area is 160 Å². The number of aromatic carboxylic acids is 1. The number of hydrogen-bond acceptors (Lipinski definition) is 5. The highest BCUT2D eigenvalue weighted by Gasteiger charge is 2.42. The summed E-state index contributed by atoms with van der Waals surface area (Å²) in [6.07, 6.45) is 3.68. The van der Waals surface area contributed by atoms with Crippen molar-refractivity contribution in [3.63, 3.8) is 0 Å². The van der Waals surface area contributed by atoms with E-state index in [0.717, 1.165) is 6.07 Å². The number of nitrogens with zero attached hydrogens (tertiary/aromatic N) is 2. The number of benzene rings is 1. The molecule has 28 heavy (non-hydrogen) atoms. The number of hydrogen-bond donors (Lipinski definition) is 2. The number of anilines is 1. The summed E-state index contributed by atoms with van der Waals surface area (Å²) in [5, 5.41) is 9.40. The van der Waals surface area contributed by atoms with Gasteiger partial charge in [0.25, 0.3) is 0 Å². The summed E-state index contributed by atoms with van der Waals surface area (Å²) in [6.45, 7) is 3.34. The number of carboxylic acids is 1. The van der Waals surface area contributed by atoms with Crippen LogP contribution in [0.3, 0.4) is 0 Å². The van der Waals surface area contributed by atoms with E-state index in [0.29, 0.717) is 41.9 Å². The molecule has 1 aliphatic carbocycles. The van der Waals surface area contributed by atoms with Gasteiger partial charge in [-0.3, -0.25) is 4.79 Å². The van der Waals surface area contributed by atoms with Gasteiger partial charge in [-0.1, -0.05) is 0 Å². The van der Waals surface area contributed by atoms with E-state index in [1.165, 1.54) is 19.0 Å². The third-order valence-corrected chi connectivity index (χ3v) is 6.33. The van der Waals surface area contributed by atoms with Crippen LogP contribution in [0, 0.1) is 17.7 Å². The molecule has 0 amide bonds. The van der Waals surface area contributed by atoms with Crippen molar-refractivity contribution < 1.29 is 19.0 Å². The average molecular weight is 387 g/mol. The van der Waals surface area contributed by atoms with Gasteiger partial charge in [-0.05, 0) is 37.7 Å². The van der Waals surface area contributed by atoms with Gasteiger partial charge >= 0.3 is 5.97 Å². The smallest absolute Gasteiger partial charge is 0.341 e. The van der Waals surface area contributed by atoms with Crippen molar-refractivity contribution in [2.24, 2.45) is 17.6 Å². The lowest BCUT2D eigenvalue weighted by Gasteiger charge is -2.31. The second-order valence-electron chi connectivity index (χ2n) is 8.25. The van der Waals surface area contributed by atoms with E-state index >= 15 is 4.39 Å². The summed E-state index contributed by atoms with van der Waals surface area (Å²) in [6, 6.07) is 0.956. The molecule has 8 heteroatoms. The van der Waals surface area contributed by atoms with Crippen LogP contribution < -0.4 is 20.8 Å². The van der Waals surface area contributed by atoms with Gasteiger partial charge in [0, 0.05) is 25.3 Å². The molecular weight excluding hydrogens is 365 g/mol. The maximum Gasteiger partial charge on any atom is 0.341 e. The predicted octanol–water partition coefficient (Wildman–Crippen LogP) is 1.97. The number of carboxylic acid groups (broad SMARTS) is 1. The summed E-state index contributed by atoms with van der Waals surface area (Å²) < 4.78 is 22.8. The standard InChI is InChI=1S/C20H22FN3O4/c1-9-8-28-19-16-11(18(25)13(20(26)27)6-24(9)16)4-14(21)17(19)23-5-12(10-2-3-10)15(22)7-23/h4,6,9-10,12,15H,2-3,5,7-8,22H2,1H3,(H,26,27)/t9-,12+,15+/m0/s1. The molecule has 0 radical (unpaired) electrons. The Bertz CT molecular complexity index is 1060. The molecule has 2 aromatic rings. The molecule has 3 atom stereocenters. The first-order valence-corrected chi connectivity index (χ1v) is 9.64. The second-order valence-corrected chi connectivity index (χ2v) is 8.25. The van der Waals surface area contributed by atoms with Crippen LogP contribution in [0.15, 0.2) is 17.1 Å². The van der Waals surface area contributed by atoms with Crippen molar-refractivity contribution in [3.8, 4) is 5.75 Å². The minimum absolute atomic E-state index is 0.0195. The lowest BCUT2D eigenvalue weighted by molar-refractivity contribution is 0.0694. The monoisotopic (exact) mass is 387 g/mol. The fourth-order valence-electron chi connectivity index (χ4n) is 4.72. The van der Waals surface area contributed by atoms with E-state index in [1.807, 2.05) is 11.8 Å². The highest BCUT2D eigenvalue weighted by Crippen LogP contribution is 2.46. The van der Waals surface area contributed by atoms with E-state index in [2.05, 4.69) is 0 Å². The van der Waals surface area contributed by atoms with E-state index in [4.69, 9.17) is 10.5 Å². The van der Waals surface area contributed by atoms with Gasteiger partial charge in [0.15, 0.2) is 11.6 Å². The number of aromatic nitrogens is 1. The molecule has 0 unspecified atom stereocenters. The summed E-state index contributed by atoms with van der Waals surface area (Å²) >= 11 is 0. The first kappa shape index (κ1) is 17.5. The minimum Gasteiger partial charge on any atom is -0.487 e. The zero-order chi connectivity index (χ0) is 19.7. The van der Waals surface area contributed by atoms with Crippen LogP contribution in [0.4, 0.5) is 10.1 Å². The van der Waals surface area contributed by atoms with Gasteiger partial charge in [-0.15, -0.1) is 0 Å². The molecule has 1 aromatic carbocycles. The van der Waals surface area contributed by atoms with E-state index in [9.17, 15) is 14.7 Å². The molecule has 5 rings (SSSR count). The van der Waals surface area contributed by atoms with Crippen molar-refractivity contribution in [3.05, 3.63) is 33.9 Å². The highest BCUT2D eigenvalue weighted by molar-refractivity contribution is 5.97. The van der Waals surface area contributed by atoms with Crippen LogP contribution in [-0.4, -0.2) is 41.4 Å². The number of nitrogens with two attached hydrogens (primary N) is 1. The fourth-order valence-corrected chi connectivity index (χ4v) is 4.72. The Morgan fingerprint density at radius 1 is 1.36 bits per heavy atom. The topological polar surface area (TPSA) is 97.8 Å². The van der Waals surface area contributed by atoms with Gasteiger partial charge in [0.2, 0.25) is 5.43 Å². The van der Waals surface area contributed by atoms with Crippen molar-refractivity contribution in [2.45, 2.75) is 31.8 Å². The van der Waals surface area contributed by atoms with Crippen LogP contribution in [-0.2, 0) is 0 Å². The maximum atomic E-state index is 15.2. The largest absolute Gasteiger partial charge is 0.487 e. The Hall–Kier alpha value is -2.61. The molecule has 1 saturated carbocycles. The van der Waals surface area contributed by atoms with E-state index < -0.39 is 17.2 Å². The molecule has 3 N–H and O–H groups in total. The molecule has 0 spiro atoms. The van der Waals surface area contributed by atoms with Crippen LogP contribution in [0.2, 0.25) is 0 Å². The van der Waals surface area contributed by atoms with Crippen molar-refractivity contribution >= 4 is 22.6 Å². The first-order valence-electron chi connectivity index (χ1n) is 9.64. The number of rotatable bonds is 3. The lowest BCUT2D eigenvalue weighted by atomic mass is 9.99. The molecule has 148 valence electrons. The van der Waals surface area contributed by atoms with Gasteiger partial charge in [-0.25, -0.2) is 9.18 Å². The summed E-state index contributed by atoms with van der Waals surface area (Å²) in [5.74, 6) is -0.644. The summed E-state index contributed by atoms with van der Waals surface area (Å²) in [5.41, 5.74) is 6.04. The second kappa shape index (κ2) is 5.94. The van der Waals surface area contributed by atoms with E-state index in [1.54, 1.807) is 4.57 Å². The number of ether oxygens (including phenoxy) is 1. The predicted molar refractivity (Wildman–Crippen MR) is 102 cm³/mol. The van der Waals surface area contributed by atoms with Crippen molar-refractivity contribution in [2.75, 3.05) is 24.6 Å². The zero-order valence-electron chi connectivity index (χ0n) is 15.5. The molecule has 2 aliphatic heterocycles. The number of pyridine rings is 1. The van der Waals surface area contributed by atoms with Crippen molar-refractivity contribution in [1.82, 2.24) is 4.57 Å². The SMILES string of the molecule is C[C@H]1COc2c(N3C[C@@H](N)[C@@H](C4CC4)C3)c(F)cc3c(=O)c(C(=O)O)cn1c23. The third kappa shape index (κ3) is 2.44.